The average Bonchev–Trinajstić information content (AvgIpc) is 2.06. The molecule has 0 aromatic heterocycles. The normalized spacial score (nSPS) is 11.1. The summed E-state index contributed by atoms with van der Waals surface area (Å²) in [6, 6.07) is 0. The molecule has 0 aliphatic carbocycles. The van der Waals surface area contributed by atoms with E-state index in [1.165, 1.54) is 49.9 Å². The van der Waals surface area contributed by atoms with E-state index in [4.69, 9.17) is 0 Å². The first-order chi connectivity index (χ1) is 5.74. The summed E-state index contributed by atoms with van der Waals surface area (Å²) < 4.78 is 1.35. The number of rotatable bonds is 7. The first-order valence-electron chi connectivity index (χ1n) is 5.59. The van der Waals surface area contributed by atoms with Gasteiger partial charge < -0.3 is 21.5 Å². The second kappa shape index (κ2) is 9.01. The summed E-state index contributed by atoms with van der Waals surface area (Å²) in [6.45, 7) is 14.7. The fourth-order valence-electron chi connectivity index (χ4n) is 2.23. The van der Waals surface area contributed by atoms with Gasteiger partial charge in [-0.3, -0.25) is 0 Å². The topological polar surface area (TPSA) is 0 Å². The number of hydrogen-bond donors (Lipinski definition) is 0. The van der Waals surface area contributed by atoms with Crippen LogP contribution in [0.4, 0.5) is 0 Å². The van der Waals surface area contributed by atoms with Gasteiger partial charge in [-0.2, -0.15) is 0 Å². The highest BCUT2D eigenvalue weighted by molar-refractivity contribution is 4.41. The second-order valence-electron chi connectivity index (χ2n) is 3.83. The zero-order chi connectivity index (χ0) is 9.45. The molecule has 0 bridgehead atoms. The van der Waals surface area contributed by atoms with Crippen LogP contribution in [-0.2, 0) is 0 Å². The monoisotopic (exact) mass is 251 g/mol. The van der Waals surface area contributed by atoms with E-state index in [1.807, 2.05) is 0 Å². The Morgan fingerprint density at radius 3 is 1.15 bits per heavy atom. The van der Waals surface area contributed by atoms with Crippen molar-refractivity contribution in [3.63, 3.8) is 0 Å². The Bertz CT molecular complexity index is 87.2. The largest absolute Gasteiger partial charge is 1.00 e. The number of halogens is 1. The highest BCUT2D eigenvalue weighted by atomic mass is 79.9. The standard InChI is InChI=1S/C11H26N.BrH/c1-5-9-12(8-4,10-6-2)11-7-3;/h5-11H2,1-4H3;1H/q+1;/p-1. The second-order valence-corrected chi connectivity index (χ2v) is 3.83. The number of nitrogens with zero attached hydrogens (tertiary/aromatic N) is 1. The van der Waals surface area contributed by atoms with Crippen molar-refractivity contribution in [2.75, 3.05) is 26.2 Å². The zero-order valence-corrected chi connectivity index (χ0v) is 11.4. The van der Waals surface area contributed by atoms with Gasteiger partial charge in [-0.25, -0.2) is 0 Å². The molecule has 0 unspecified atom stereocenters. The highest BCUT2D eigenvalue weighted by Crippen LogP contribution is 2.10. The maximum absolute atomic E-state index is 2.33. The summed E-state index contributed by atoms with van der Waals surface area (Å²) in [5.74, 6) is 0. The molecule has 82 valence electrons. The van der Waals surface area contributed by atoms with E-state index in [0.29, 0.717) is 0 Å². The summed E-state index contributed by atoms with van der Waals surface area (Å²) in [5.41, 5.74) is 0. The molecule has 0 saturated heterocycles. The van der Waals surface area contributed by atoms with Crippen molar-refractivity contribution < 1.29 is 21.5 Å². The molecule has 0 fully saturated rings. The van der Waals surface area contributed by atoms with Crippen LogP contribution in [0.15, 0.2) is 0 Å². The van der Waals surface area contributed by atoms with Gasteiger partial charge >= 0.3 is 0 Å². The predicted molar refractivity (Wildman–Crippen MR) is 56.3 cm³/mol. The van der Waals surface area contributed by atoms with Gasteiger partial charge in [0, 0.05) is 0 Å². The smallest absolute Gasteiger partial charge is 0.0783 e. The molecule has 0 aliphatic heterocycles. The minimum Gasteiger partial charge on any atom is -1.00 e. The summed E-state index contributed by atoms with van der Waals surface area (Å²) in [4.78, 5) is 0. The summed E-state index contributed by atoms with van der Waals surface area (Å²) in [5, 5.41) is 0. The minimum absolute atomic E-state index is 0. The average molecular weight is 252 g/mol. The van der Waals surface area contributed by atoms with Crippen LogP contribution in [0.25, 0.3) is 0 Å². The molecule has 0 spiro atoms. The van der Waals surface area contributed by atoms with Crippen LogP contribution in [0.2, 0.25) is 0 Å². The first-order valence-corrected chi connectivity index (χ1v) is 5.59. The third-order valence-corrected chi connectivity index (χ3v) is 2.76. The molecule has 0 rings (SSSR count). The molecule has 0 amide bonds. The Hall–Kier alpha value is 0.440. The van der Waals surface area contributed by atoms with Crippen molar-refractivity contribution in [3.05, 3.63) is 0 Å². The SMILES string of the molecule is CCC[N+](CC)(CCC)CCC.[Br-]. The number of quaternary nitrogens is 1. The molecule has 0 heterocycles. The molecule has 13 heavy (non-hydrogen) atoms. The van der Waals surface area contributed by atoms with E-state index in [1.54, 1.807) is 0 Å². The van der Waals surface area contributed by atoms with Gasteiger partial charge in [0.05, 0.1) is 26.2 Å². The van der Waals surface area contributed by atoms with Gasteiger partial charge in [-0.05, 0) is 26.2 Å². The predicted octanol–water partition coefficient (Wildman–Crippen LogP) is 0.0571. The van der Waals surface area contributed by atoms with Crippen molar-refractivity contribution in [1.29, 1.82) is 0 Å². The lowest BCUT2D eigenvalue weighted by Gasteiger charge is -2.37. The van der Waals surface area contributed by atoms with Gasteiger partial charge in [0.25, 0.3) is 0 Å². The molecule has 2 heteroatoms. The summed E-state index contributed by atoms with van der Waals surface area (Å²) in [7, 11) is 0. The molecule has 0 N–H and O–H groups in total. The molecule has 0 aromatic rings. The van der Waals surface area contributed by atoms with E-state index in [9.17, 15) is 0 Å². The lowest BCUT2D eigenvalue weighted by atomic mass is 10.2. The molecular weight excluding hydrogens is 226 g/mol. The molecular formula is C11H26BrN. The quantitative estimate of drug-likeness (QED) is 0.562. The van der Waals surface area contributed by atoms with Gasteiger partial charge in [-0.15, -0.1) is 0 Å². The van der Waals surface area contributed by atoms with Crippen LogP contribution >= 0.6 is 0 Å². The van der Waals surface area contributed by atoms with E-state index in [0.717, 1.165) is 0 Å². The Morgan fingerprint density at radius 1 is 0.692 bits per heavy atom. The van der Waals surface area contributed by atoms with Crippen LogP contribution in [0.3, 0.4) is 0 Å². The summed E-state index contributed by atoms with van der Waals surface area (Å²) >= 11 is 0. The highest BCUT2D eigenvalue weighted by Gasteiger charge is 2.21. The fourth-order valence-corrected chi connectivity index (χ4v) is 2.23. The van der Waals surface area contributed by atoms with Crippen molar-refractivity contribution >= 4 is 0 Å². The van der Waals surface area contributed by atoms with Crippen LogP contribution in [0.1, 0.15) is 47.0 Å². The lowest BCUT2D eigenvalue weighted by Crippen LogP contribution is -3.00. The lowest BCUT2D eigenvalue weighted by molar-refractivity contribution is -0.926. The van der Waals surface area contributed by atoms with Crippen LogP contribution in [0, 0.1) is 0 Å². The molecule has 0 radical (unpaired) electrons. The van der Waals surface area contributed by atoms with E-state index in [2.05, 4.69) is 27.7 Å². The Labute approximate surface area is 94.9 Å². The van der Waals surface area contributed by atoms with Crippen LogP contribution in [0.5, 0.6) is 0 Å². The van der Waals surface area contributed by atoms with Gasteiger partial charge in [0.1, 0.15) is 0 Å². The Kier molecular flexibility index (Phi) is 11.0. The van der Waals surface area contributed by atoms with E-state index < -0.39 is 0 Å². The van der Waals surface area contributed by atoms with Gasteiger partial charge in [-0.1, -0.05) is 20.8 Å². The maximum Gasteiger partial charge on any atom is 0.0783 e. The molecule has 1 nitrogen and oxygen atoms in total. The van der Waals surface area contributed by atoms with E-state index in [-0.39, 0.29) is 17.0 Å². The van der Waals surface area contributed by atoms with Crippen molar-refractivity contribution in [2.24, 2.45) is 0 Å². The van der Waals surface area contributed by atoms with Crippen molar-refractivity contribution in [1.82, 2.24) is 0 Å². The zero-order valence-electron chi connectivity index (χ0n) is 9.77. The summed E-state index contributed by atoms with van der Waals surface area (Å²) in [6.07, 6.45) is 3.98. The van der Waals surface area contributed by atoms with Crippen LogP contribution < -0.4 is 17.0 Å². The number of hydrogen-bond acceptors (Lipinski definition) is 0. The van der Waals surface area contributed by atoms with E-state index >= 15 is 0 Å². The minimum atomic E-state index is 0. The van der Waals surface area contributed by atoms with Crippen LogP contribution in [-0.4, -0.2) is 30.7 Å². The van der Waals surface area contributed by atoms with Crippen molar-refractivity contribution in [2.45, 2.75) is 47.0 Å². The Morgan fingerprint density at radius 2 is 1.00 bits per heavy atom. The third-order valence-electron chi connectivity index (χ3n) is 2.76. The van der Waals surface area contributed by atoms with Gasteiger partial charge in [0.15, 0.2) is 0 Å². The Balaban J connectivity index is 0. The molecule has 0 aromatic carbocycles. The molecule has 0 aliphatic rings. The van der Waals surface area contributed by atoms with Crippen molar-refractivity contribution in [3.8, 4) is 0 Å². The molecule has 0 atom stereocenters. The van der Waals surface area contributed by atoms with Gasteiger partial charge in [0.2, 0.25) is 0 Å². The molecule has 0 saturated carbocycles. The first kappa shape index (κ1) is 15.9. The maximum atomic E-state index is 2.33. The third kappa shape index (κ3) is 5.69. The fraction of sp³-hybridized carbons (Fsp3) is 1.00.